The number of nitrogens with zero attached hydrogens (tertiary/aromatic N) is 5. The molecule has 0 aliphatic carbocycles. The molecule has 0 bridgehead atoms. The predicted molar refractivity (Wildman–Crippen MR) is 169 cm³/mol. The average Bonchev–Trinajstić information content (AvgIpc) is 3.44. The first-order chi connectivity index (χ1) is 20.3. The number of halogens is 1. The molecule has 2 N–H and O–H groups in total. The van der Waals surface area contributed by atoms with Gasteiger partial charge in [-0.2, -0.15) is 0 Å². The molecule has 9 nitrogen and oxygen atoms in total. The molecule has 212 valence electrons. The molecular formula is C31H27ClN6O3S. The molecule has 0 aliphatic rings. The normalized spacial score (nSPS) is 11.4. The summed E-state index contributed by atoms with van der Waals surface area (Å²) in [5.41, 5.74) is 10.3. The number of aryl methyl sites for hydroxylation is 1. The SMILES string of the molecule is CN(c1ccc2ccccc2c1)c1nc2c(c(-c3cccc(OCc4scnc4Cl)c3)c1CN)c(=O)n(C)c(=O)n2C. The maximum atomic E-state index is 13.7. The molecule has 0 radical (unpaired) electrons. The van der Waals surface area contributed by atoms with E-state index in [9.17, 15) is 9.59 Å². The molecule has 0 saturated heterocycles. The summed E-state index contributed by atoms with van der Waals surface area (Å²) in [6.45, 7) is 0.346. The molecule has 0 spiro atoms. The van der Waals surface area contributed by atoms with Crippen LogP contribution in [-0.2, 0) is 27.2 Å². The number of hydrogen-bond acceptors (Lipinski definition) is 8. The van der Waals surface area contributed by atoms with Crippen LogP contribution >= 0.6 is 22.9 Å². The van der Waals surface area contributed by atoms with Gasteiger partial charge in [0.1, 0.15) is 23.3 Å². The topological polar surface area (TPSA) is 108 Å². The van der Waals surface area contributed by atoms with Crippen molar-refractivity contribution in [1.29, 1.82) is 0 Å². The van der Waals surface area contributed by atoms with E-state index in [0.29, 0.717) is 38.8 Å². The van der Waals surface area contributed by atoms with Crippen LogP contribution in [0.1, 0.15) is 10.4 Å². The summed E-state index contributed by atoms with van der Waals surface area (Å²) in [7, 11) is 4.98. The molecule has 6 aromatic rings. The number of hydrogen-bond donors (Lipinski definition) is 1. The Morgan fingerprint density at radius 1 is 1.00 bits per heavy atom. The molecule has 0 atom stereocenters. The quantitative estimate of drug-likeness (QED) is 0.263. The zero-order chi connectivity index (χ0) is 29.5. The van der Waals surface area contributed by atoms with Crippen LogP contribution in [0.4, 0.5) is 11.5 Å². The fraction of sp³-hybridized carbons (Fsp3) is 0.161. The number of fused-ring (bicyclic) bond motifs is 2. The minimum atomic E-state index is -0.468. The zero-order valence-electron chi connectivity index (χ0n) is 23.2. The second kappa shape index (κ2) is 11.1. The standard InChI is InChI=1S/C31H27ClN6O3S/c1-36(21-12-11-18-7-4-5-8-19(18)13-21)28-23(15-33)25(26-29(35-28)37(2)31(40)38(3)30(26)39)20-9-6-10-22(14-20)41-16-24-27(32)34-17-42-24/h4-14,17H,15-16,33H2,1-3H3. The molecule has 0 unspecified atom stereocenters. The van der Waals surface area contributed by atoms with E-state index in [1.54, 1.807) is 12.6 Å². The van der Waals surface area contributed by atoms with Gasteiger partial charge in [-0.3, -0.25) is 13.9 Å². The molecular weight excluding hydrogens is 572 g/mol. The third kappa shape index (κ3) is 4.73. The maximum Gasteiger partial charge on any atom is 0.332 e. The first kappa shape index (κ1) is 27.6. The van der Waals surface area contributed by atoms with Crippen molar-refractivity contribution in [3.05, 3.63) is 109 Å². The first-order valence-corrected chi connectivity index (χ1v) is 14.4. The fourth-order valence-corrected chi connectivity index (χ4v) is 6.01. The molecule has 3 heterocycles. The predicted octanol–water partition coefficient (Wildman–Crippen LogP) is 5.37. The number of nitrogens with two attached hydrogens (primary N) is 1. The van der Waals surface area contributed by atoms with Crippen LogP contribution in [0, 0.1) is 0 Å². The van der Waals surface area contributed by atoms with Crippen LogP contribution in [-0.4, -0.2) is 26.1 Å². The van der Waals surface area contributed by atoms with Crippen molar-refractivity contribution in [2.24, 2.45) is 19.8 Å². The summed E-state index contributed by atoms with van der Waals surface area (Å²) < 4.78 is 8.54. The third-order valence-corrected chi connectivity index (χ3v) is 8.64. The third-order valence-electron chi connectivity index (χ3n) is 7.39. The van der Waals surface area contributed by atoms with Crippen molar-refractivity contribution in [2.75, 3.05) is 11.9 Å². The van der Waals surface area contributed by atoms with Crippen LogP contribution in [0.25, 0.3) is 32.9 Å². The minimum Gasteiger partial charge on any atom is -0.488 e. The molecule has 0 aliphatic heterocycles. The number of thiazole rings is 1. The Labute approximate surface area is 250 Å². The van der Waals surface area contributed by atoms with Crippen molar-refractivity contribution < 1.29 is 4.74 Å². The van der Waals surface area contributed by atoms with E-state index >= 15 is 0 Å². The Balaban J connectivity index is 1.58. The minimum absolute atomic E-state index is 0.0963. The molecule has 3 aromatic heterocycles. The summed E-state index contributed by atoms with van der Waals surface area (Å²) in [5, 5.41) is 2.90. The highest BCUT2D eigenvalue weighted by molar-refractivity contribution is 7.10. The number of ether oxygens (including phenoxy) is 1. The van der Waals surface area contributed by atoms with Crippen molar-refractivity contribution in [1.82, 2.24) is 19.1 Å². The van der Waals surface area contributed by atoms with Crippen LogP contribution in [0.15, 0.2) is 81.8 Å². The van der Waals surface area contributed by atoms with Gasteiger partial charge in [-0.25, -0.2) is 14.8 Å². The van der Waals surface area contributed by atoms with Gasteiger partial charge in [0.2, 0.25) is 0 Å². The number of benzene rings is 3. The van der Waals surface area contributed by atoms with E-state index < -0.39 is 11.2 Å². The largest absolute Gasteiger partial charge is 0.488 e. The number of aromatic nitrogens is 4. The Hall–Kier alpha value is -4.51. The lowest BCUT2D eigenvalue weighted by Gasteiger charge is -2.25. The van der Waals surface area contributed by atoms with E-state index in [2.05, 4.69) is 17.1 Å². The lowest BCUT2D eigenvalue weighted by atomic mass is 9.96. The van der Waals surface area contributed by atoms with Gasteiger partial charge in [-0.05, 0) is 40.6 Å². The smallest absolute Gasteiger partial charge is 0.332 e. The van der Waals surface area contributed by atoms with Crippen molar-refractivity contribution in [3.63, 3.8) is 0 Å². The van der Waals surface area contributed by atoms with Crippen molar-refractivity contribution in [2.45, 2.75) is 13.2 Å². The summed E-state index contributed by atoms with van der Waals surface area (Å²) in [5.74, 6) is 1.12. The monoisotopic (exact) mass is 598 g/mol. The summed E-state index contributed by atoms with van der Waals surface area (Å²) in [4.78, 5) is 38.4. The fourth-order valence-electron chi connectivity index (χ4n) is 5.15. The summed E-state index contributed by atoms with van der Waals surface area (Å²) >= 11 is 7.57. The molecule has 42 heavy (non-hydrogen) atoms. The van der Waals surface area contributed by atoms with Crippen LogP contribution < -0.4 is 26.6 Å². The highest BCUT2D eigenvalue weighted by atomic mass is 35.5. The second-order valence-electron chi connectivity index (χ2n) is 9.87. The van der Waals surface area contributed by atoms with E-state index in [-0.39, 0.29) is 18.8 Å². The van der Waals surface area contributed by atoms with E-state index in [1.807, 2.05) is 66.5 Å². The van der Waals surface area contributed by atoms with E-state index in [1.165, 1.54) is 23.0 Å². The van der Waals surface area contributed by atoms with E-state index in [4.69, 9.17) is 27.1 Å². The highest BCUT2D eigenvalue weighted by Crippen LogP contribution is 2.38. The maximum absolute atomic E-state index is 13.7. The number of anilines is 2. The van der Waals surface area contributed by atoms with Gasteiger partial charge < -0.3 is 15.4 Å². The van der Waals surface area contributed by atoms with Crippen LogP contribution in [0.5, 0.6) is 5.75 Å². The van der Waals surface area contributed by atoms with Gasteiger partial charge in [0, 0.05) is 44.5 Å². The van der Waals surface area contributed by atoms with Gasteiger partial charge >= 0.3 is 5.69 Å². The Morgan fingerprint density at radius 2 is 1.79 bits per heavy atom. The molecule has 0 saturated carbocycles. The van der Waals surface area contributed by atoms with Gasteiger partial charge in [-0.15, -0.1) is 11.3 Å². The first-order valence-electron chi connectivity index (χ1n) is 13.1. The Bertz CT molecular complexity index is 2100. The zero-order valence-corrected chi connectivity index (χ0v) is 24.7. The lowest BCUT2D eigenvalue weighted by molar-refractivity contribution is 0.310. The molecule has 0 fully saturated rings. The Kier molecular flexibility index (Phi) is 7.28. The van der Waals surface area contributed by atoms with Gasteiger partial charge in [0.25, 0.3) is 5.56 Å². The molecule has 0 amide bonds. The highest BCUT2D eigenvalue weighted by Gasteiger charge is 2.24. The Morgan fingerprint density at radius 3 is 2.52 bits per heavy atom. The van der Waals surface area contributed by atoms with Crippen molar-refractivity contribution in [3.8, 4) is 16.9 Å². The lowest BCUT2D eigenvalue weighted by Crippen LogP contribution is -2.38. The average molecular weight is 599 g/mol. The van der Waals surface area contributed by atoms with Gasteiger partial charge in [0.15, 0.2) is 5.65 Å². The van der Waals surface area contributed by atoms with Crippen LogP contribution in [0.2, 0.25) is 5.15 Å². The summed E-state index contributed by atoms with van der Waals surface area (Å²) in [6, 6.07) is 21.7. The molecule has 11 heteroatoms. The summed E-state index contributed by atoms with van der Waals surface area (Å²) in [6.07, 6.45) is 0. The number of rotatable bonds is 7. The van der Waals surface area contributed by atoms with Crippen LogP contribution in [0.3, 0.4) is 0 Å². The van der Waals surface area contributed by atoms with E-state index in [0.717, 1.165) is 25.9 Å². The van der Waals surface area contributed by atoms with Crippen molar-refractivity contribution >= 4 is 56.2 Å². The van der Waals surface area contributed by atoms with Gasteiger partial charge in [0.05, 0.1) is 15.8 Å². The molecule has 3 aromatic carbocycles. The van der Waals surface area contributed by atoms with Gasteiger partial charge in [-0.1, -0.05) is 54.1 Å². The number of pyridine rings is 1. The molecule has 6 rings (SSSR count). The second-order valence-corrected chi connectivity index (χ2v) is 11.2.